The molecule has 5 nitrogen and oxygen atoms in total. The van der Waals surface area contributed by atoms with Crippen LogP contribution in [0.15, 0.2) is 30.3 Å². The molecule has 124 valence electrons. The number of hydrogen-bond donors (Lipinski definition) is 0. The molecule has 0 aromatic heterocycles. The third-order valence-electron chi connectivity index (χ3n) is 4.83. The lowest BCUT2D eigenvalue weighted by molar-refractivity contribution is 0.0939. The molecule has 0 amide bonds. The summed E-state index contributed by atoms with van der Waals surface area (Å²) in [5.41, 5.74) is 2.71. The number of ketones is 1. The van der Waals surface area contributed by atoms with Gasteiger partial charge in [0.15, 0.2) is 28.8 Å². The highest BCUT2D eigenvalue weighted by molar-refractivity contribution is 6.04. The Morgan fingerprint density at radius 2 is 1.71 bits per heavy atom. The van der Waals surface area contributed by atoms with E-state index in [1.807, 2.05) is 31.2 Å². The van der Waals surface area contributed by atoms with E-state index >= 15 is 0 Å². The number of Topliss-reactive ketones (excluding diaryl/α,β-unsaturated/α-hetero) is 1. The predicted octanol–water partition coefficient (Wildman–Crippen LogP) is 3.40. The molecule has 2 aromatic carbocycles. The first-order valence-corrected chi connectivity index (χ1v) is 7.83. The molecule has 0 radical (unpaired) electrons. The Morgan fingerprint density at radius 3 is 2.42 bits per heavy atom. The van der Waals surface area contributed by atoms with Gasteiger partial charge in [0.05, 0.1) is 14.2 Å². The monoisotopic (exact) mass is 326 g/mol. The predicted molar refractivity (Wildman–Crippen MR) is 87.4 cm³/mol. The molecule has 0 spiro atoms. The zero-order chi connectivity index (χ0) is 16.8. The Labute approximate surface area is 140 Å². The highest BCUT2D eigenvalue weighted by Crippen LogP contribution is 2.48. The Morgan fingerprint density at radius 1 is 1.00 bits per heavy atom. The van der Waals surface area contributed by atoms with Crippen molar-refractivity contribution >= 4 is 5.78 Å². The van der Waals surface area contributed by atoms with Crippen molar-refractivity contribution in [1.29, 1.82) is 0 Å². The smallest absolute Gasteiger partial charge is 0.231 e. The Hall–Kier alpha value is -2.69. The minimum Gasteiger partial charge on any atom is -0.493 e. The Bertz CT molecular complexity index is 827. The van der Waals surface area contributed by atoms with E-state index in [9.17, 15) is 4.79 Å². The molecule has 1 aliphatic heterocycles. The molecule has 0 fully saturated rings. The second-order valence-corrected chi connectivity index (χ2v) is 6.04. The van der Waals surface area contributed by atoms with Gasteiger partial charge >= 0.3 is 0 Å². The second-order valence-electron chi connectivity index (χ2n) is 6.04. The summed E-state index contributed by atoms with van der Waals surface area (Å²) in [6, 6.07) is 9.52. The van der Waals surface area contributed by atoms with E-state index in [0.717, 1.165) is 11.1 Å². The number of carbonyl (C=O) groups excluding carboxylic acids is 1. The minimum absolute atomic E-state index is 0.0400. The van der Waals surface area contributed by atoms with E-state index in [0.29, 0.717) is 28.6 Å². The van der Waals surface area contributed by atoms with Crippen molar-refractivity contribution in [2.45, 2.75) is 12.8 Å². The first-order chi connectivity index (χ1) is 11.6. The third-order valence-corrected chi connectivity index (χ3v) is 4.83. The maximum Gasteiger partial charge on any atom is 0.231 e. The summed E-state index contributed by atoms with van der Waals surface area (Å²) in [6.45, 7) is 2.15. The largest absolute Gasteiger partial charge is 0.493 e. The standard InChI is InChI=1S/C19H18O5/c1-10-18(11-4-5-14(21-2)15(6-11)22-3)12-7-16-17(24-9-23-16)8-13(12)19(10)20/h4-8,10,18H,9H2,1-3H3/t10-,18+/m0/s1. The molecule has 0 unspecified atom stereocenters. The van der Waals surface area contributed by atoms with Crippen LogP contribution >= 0.6 is 0 Å². The first-order valence-electron chi connectivity index (χ1n) is 7.83. The number of ether oxygens (including phenoxy) is 4. The summed E-state index contributed by atoms with van der Waals surface area (Å²) < 4.78 is 21.6. The van der Waals surface area contributed by atoms with Crippen LogP contribution in [0.25, 0.3) is 0 Å². The number of carbonyl (C=O) groups is 1. The summed E-state index contributed by atoms with van der Waals surface area (Å²) in [7, 11) is 3.21. The molecule has 2 atom stereocenters. The van der Waals surface area contributed by atoms with Crippen molar-refractivity contribution in [1.82, 2.24) is 0 Å². The zero-order valence-electron chi connectivity index (χ0n) is 13.8. The summed E-state index contributed by atoms with van der Waals surface area (Å²) in [6.07, 6.45) is 0. The average Bonchev–Trinajstić information content (AvgIpc) is 3.16. The van der Waals surface area contributed by atoms with Gasteiger partial charge < -0.3 is 18.9 Å². The van der Waals surface area contributed by atoms with Gasteiger partial charge in [-0.05, 0) is 35.4 Å². The number of benzene rings is 2. The molecule has 0 saturated heterocycles. The van der Waals surface area contributed by atoms with Crippen LogP contribution in [0.4, 0.5) is 0 Å². The molecule has 2 aliphatic rings. The van der Waals surface area contributed by atoms with Gasteiger partial charge in [0.25, 0.3) is 0 Å². The van der Waals surface area contributed by atoms with Gasteiger partial charge in [-0.2, -0.15) is 0 Å². The number of rotatable bonds is 3. The molecule has 1 aliphatic carbocycles. The zero-order valence-corrected chi connectivity index (χ0v) is 13.8. The second kappa shape index (κ2) is 5.44. The van der Waals surface area contributed by atoms with E-state index in [1.54, 1.807) is 20.3 Å². The highest BCUT2D eigenvalue weighted by atomic mass is 16.7. The fourth-order valence-corrected chi connectivity index (χ4v) is 3.61. The fourth-order valence-electron chi connectivity index (χ4n) is 3.61. The van der Waals surface area contributed by atoms with Crippen molar-refractivity contribution in [3.05, 3.63) is 47.0 Å². The molecule has 1 heterocycles. The quantitative estimate of drug-likeness (QED) is 0.865. The normalized spacial score (nSPS) is 20.9. The number of methoxy groups -OCH3 is 2. The maximum atomic E-state index is 12.7. The summed E-state index contributed by atoms with van der Waals surface area (Å²) in [4.78, 5) is 12.7. The van der Waals surface area contributed by atoms with E-state index in [2.05, 4.69) is 0 Å². The number of hydrogen-bond acceptors (Lipinski definition) is 5. The van der Waals surface area contributed by atoms with Crippen LogP contribution in [0.1, 0.15) is 34.3 Å². The minimum atomic E-state index is -0.152. The van der Waals surface area contributed by atoms with Gasteiger partial charge in [-0.3, -0.25) is 4.79 Å². The van der Waals surface area contributed by atoms with Gasteiger partial charge in [0, 0.05) is 17.4 Å². The van der Waals surface area contributed by atoms with E-state index in [-0.39, 0.29) is 24.4 Å². The summed E-state index contributed by atoms with van der Waals surface area (Å²) >= 11 is 0. The van der Waals surface area contributed by atoms with Crippen LogP contribution in [0.2, 0.25) is 0 Å². The lowest BCUT2D eigenvalue weighted by Crippen LogP contribution is -2.10. The molecule has 4 rings (SSSR count). The SMILES string of the molecule is COc1ccc([C@@H]2c3cc4c(cc3C(=O)[C@H]2C)OCO4)cc1OC. The van der Waals surface area contributed by atoms with Crippen molar-refractivity contribution in [2.24, 2.45) is 5.92 Å². The van der Waals surface area contributed by atoms with Crippen LogP contribution in [-0.4, -0.2) is 26.8 Å². The topological polar surface area (TPSA) is 54.0 Å². The van der Waals surface area contributed by atoms with E-state index in [4.69, 9.17) is 18.9 Å². The molecule has 0 N–H and O–H groups in total. The van der Waals surface area contributed by atoms with Crippen LogP contribution in [-0.2, 0) is 0 Å². The Kier molecular flexibility index (Phi) is 3.37. The van der Waals surface area contributed by atoms with Gasteiger partial charge in [0.2, 0.25) is 6.79 Å². The molecule has 5 heteroatoms. The molecule has 0 saturated carbocycles. The molecule has 24 heavy (non-hydrogen) atoms. The lowest BCUT2D eigenvalue weighted by atomic mass is 9.86. The van der Waals surface area contributed by atoms with Gasteiger partial charge in [-0.1, -0.05) is 13.0 Å². The summed E-state index contributed by atoms with van der Waals surface area (Å²) in [5, 5.41) is 0. The molecular weight excluding hydrogens is 308 g/mol. The van der Waals surface area contributed by atoms with Gasteiger partial charge in [-0.25, -0.2) is 0 Å². The molecular formula is C19H18O5. The van der Waals surface area contributed by atoms with Crippen molar-refractivity contribution in [3.8, 4) is 23.0 Å². The van der Waals surface area contributed by atoms with Crippen molar-refractivity contribution in [3.63, 3.8) is 0 Å². The van der Waals surface area contributed by atoms with Crippen LogP contribution in [0.5, 0.6) is 23.0 Å². The van der Waals surface area contributed by atoms with E-state index in [1.165, 1.54) is 0 Å². The lowest BCUT2D eigenvalue weighted by Gasteiger charge is -2.18. The van der Waals surface area contributed by atoms with Gasteiger partial charge in [-0.15, -0.1) is 0 Å². The van der Waals surface area contributed by atoms with Gasteiger partial charge in [0.1, 0.15) is 0 Å². The van der Waals surface area contributed by atoms with Crippen LogP contribution in [0, 0.1) is 5.92 Å². The van der Waals surface area contributed by atoms with Crippen LogP contribution in [0.3, 0.4) is 0 Å². The third kappa shape index (κ3) is 2.04. The fraction of sp³-hybridized carbons (Fsp3) is 0.316. The Balaban J connectivity index is 1.84. The highest BCUT2D eigenvalue weighted by Gasteiger charge is 2.39. The van der Waals surface area contributed by atoms with Crippen molar-refractivity contribution < 1.29 is 23.7 Å². The van der Waals surface area contributed by atoms with E-state index < -0.39 is 0 Å². The number of fused-ring (bicyclic) bond motifs is 2. The molecule has 0 bridgehead atoms. The van der Waals surface area contributed by atoms with Crippen molar-refractivity contribution in [2.75, 3.05) is 21.0 Å². The molecule has 2 aromatic rings. The first kappa shape index (κ1) is 14.9. The summed E-state index contributed by atoms with van der Waals surface area (Å²) in [5.74, 6) is 2.60. The maximum absolute atomic E-state index is 12.7. The van der Waals surface area contributed by atoms with Crippen LogP contribution < -0.4 is 18.9 Å². The average molecular weight is 326 g/mol.